The van der Waals surface area contributed by atoms with E-state index >= 15 is 0 Å². The Kier molecular flexibility index (Phi) is 7.63. The molecule has 0 aliphatic carbocycles. The molecule has 2 aromatic rings. The fraction of sp³-hybridized carbons (Fsp3) is 0.435. The molecule has 0 bridgehead atoms. The molecule has 0 spiro atoms. The summed E-state index contributed by atoms with van der Waals surface area (Å²) in [5.41, 5.74) is 1.66. The topological polar surface area (TPSA) is 50.8 Å². The van der Waals surface area contributed by atoms with Gasteiger partial charge in [0.1, 0.15) is 0 Å². The molecule has 1 amide bonds. The standard InChI is InChI=1S/C23H28F2N2O3/c1-16-12-18(15-27(16)14-17-6-4-3-5-7-17)10-11-26-22(28)19-8-9-20(30-23(24)25)21(13-19)29-2/h3-9,13,16,18,23H,10-12,14-15H2,1-2H3,(H,26,28)/t16-,18-/m1/s1. The highest BCUT2D eigenvalue weighted by atomic mass is 19.3. The summed E-state index contributed by atoms with van der Waals surface area (Å²) in [6.07, 6.45) is 2.00. The molecule has 0 aromatic heterocycles. The lowest BCUT2D eigenvalue weighted by Gasteiger charge is -2.21. The zero-order valence-electron chi connectivity index (χ0n) is 17.3. The maximum absolute atomic E-state index is 12.4. The summed E-state index contributed by atoms with van der Waals surface area (Å²) < 4.78 is 34.3. The van der Waals surface area contributed by atoms with Crippen LogP contribution in [-0.4, -0.2) is 43.7 Å². The van der Waals surface area contributed by atoms with Gasteiger partial charge in [-0.25, -0.2) is 0 Å². The lowest BCUT2D eigenvalue weighted by Crippen LogP contribution is -2.28. The number of benzene rings is 2. The van der Waals surface area contributed by atoms with Crippen LogP contribution in [0.1, 0.15) is 35.7 Å². The number of ether oxygens (including phenoxy) is 2. The Morgan fingerprint density at radius 3 is 2.67 bits per heavy atom. The third-order valence-electron chi connectivity index (χ3n) is 5.50. The molecule has 0 radical (unpaired) electrons. The van der Waals surface area contributed by atoms with Gasteiger partial charge in [0, 0.05) is 31.2 Å². The minimum Gasteiger partial charge on any atom is -0.493 e. The molecule has 5 nitrogen and oxygen atoms in total. The van der Waals surface area contributed by atoms with Crippen molar-refractivity contribution >= 4 is 5.91 Å². The van der Waals surface area contributed by atoms with Gasteiger partial charge in [0.2, 0.25) is 0 Å². The summed E-state index contributed by atoms with van der Waals surface area (Å²) >= 11 is 0. The highest BCUT2D eigenvalue weighted by Crippen LogP contribution is 2.30. The van der Waals surface area contributed by atoms with Crippen molar-refractivity contribution in [2.75, 3.05) is 20.2 Å². The predicted molar refractivity (Wildman–Crippen MR) is 111 cm³/mol. The van der Waals surface area contributed by atoms with Gasteiger partial charge in [-0.3, -0.25) is 9.69 Å². The molecule has 1 aliphatic rings. The summed E-state index contributed by atoms with van der Waals surface area (Å²) in [6.45, 7) is 1.81. The molecule has 1 aliphatic heterocycles. The minimum absolute atomic E-state index is 0.0949. The Balaban J connectivity index is 1.47. The maximum atomic E-state index is 12.4. The highest BCUT2D eigenvalue weighted by molar-refractivity contribution is 5.94. The molecule has 3 rings (SSSR count). The number of carbonyl (C=O) groups excluding carboxylic acids is 1. The fourth-order valence-electron chi connectivity index (χ4n) is 3.96. The van der Waals surface area contributed by atoms with E-state index < -0.39 is 6.61 Å². The Hall–Kier alpha value is -2.67. The number of likely N-dealkylation sites (tertiary alicyclic amines) is 1. The summed E-state index contributed by atoms with van der Waals surface area (Å²) in [5.74, 6) is 0.274. The Morgan fingerprint density at radius 2 is 1.97 bits per heavy atom. The second kappa shape index (κ2) is 10.4. The van der Waals surface area contributed by atoms with Crippen LogP contribution in [0.4, 0.5) is 8.78 Å². The summed E-state index contributed by atoms with van der Waals surface area (Å²) in [6, 6.07) is 15.1. The van der Waals surface area contributed by atoms with Gasteiger partial charge in [-0.05, 0) is 49.4 Å². The summed E-state index contributed by atoms with van der Waals surface area (Å²) in [4.78, 5) is 14.9. The van der Waals surface area contributed by atoms with Gasteiger partial charge in [-0.15, -0.1) is 0 Å². The zero-order valence-corrected chi connectivity index (χ0v) is 17.3. The third kappa shape index (κ3) is 5.92. The van der Waals surface area contributed by atoms with Crippen molar-refractivity contribution in [3.05, 3.63) is 59.7 Å². The Labute approximate surface area is 176 Å². The Morgan fingerprint density at radius 1 is 1.20 bits per heavy atom. The van der Waals surface area contributed by atoms with Crippen molar-refractivity contribution in [2.24, 2.45) is 5.92 Å². The molecule has 1 heterocycles. The van der Waals surface area contributed by atoms with Crippen molar-refractivity contribution in [3.63, 3.8) is 0 Å². The second-order valence-electron chi connectivity index (χ2n) is 7.65. The highest BCUT2D eigenvalue weighted by Gasteiger charge is 2.28. The van der Waals surface area contributed by atoms with Crippen molar-refractivity contribution in [3.8, 4) is 11.5 Å². The van der Waals surface area contributed by atoms with E-state index in [1.165, 1.54) is 30.9 Å². The van der Waals surface area contributed by atoms with Crippen molar-refractivity contribution in [1.82, 2.24) is 10.2 Å². The minimum atomic E-state index is -2.95. The largest absolute Gasteiger partial charge is 0.493 e. The van der Waals surface area contributed by atoms with Crippen LogP contribution in [0.5, 0.6) is 11.5 Å². The number of nitrogens with zero attached hydrogens (tertiary/aromatic N) is 1. The van der Waals surface area contributed by atoms with Gasteiger partial charge < -0.3 is 14.8 Å². The number of carbonyl (C=O) groups is 1. The number of amides is 1. The van der Waals surface area contributed by atoms with Gasteiger partial charge >= 0.3 is 6.61 Å². The quantitative estimate of drug-likeness (QED) is 0.659. The summed E-state index contributed by atoms with van der Waals surface area (Å²) in [5, 5.41) is 2.91. The van der Waals surface area contributed by atoms with Crippen LogP contribution in [0.2, 0.25) is 0 Å². The number of hydrogen-bond donors (Lipinski definition) is 1. The molecule has 1 N–H and O–H groups in total. The first-order valence-corrected chi connectivity index (χ1v) is 10.1. The number of halogens is 2. The van der Waals surface area contributed by atoms with E-state index in [4.69, 9.17) is 4.74 Å². The molecule has 7 heteroatoms. The molecular weight excluding hydrogens is 390 g/mol. The molecule has 30 heavy (non-hydrogen) atoms. The van der Waals surface area contributed by atoms with E-state index in [1.807, 2.05) is 6.07 Å². The Bertz CT molecular complexity index is 832. The van der Waals surface area contributed by atoms with Crippen molar-refractivity contribution < 1.29 is 23.0 Å². The molecule has 0 unspecified atom stereocenters. The normalized spacial score (nSPS) is 19.1. The SMILES string of the molecule is COc1cc(C(=O)NCC[C@@H]2C[C@@H](C)N(Cc3ccccc3)C2)ccc1OC(F)F. The van der Waals surface area contributed by atoms with Crippen LogP contribution in [0, 0.1) is 5.92 Å². The predicted octanol–water partition coefficient (Wildman–Crippen LogP) is 4.33. The summed E-state index contributed by atoms with van der Waals surface area (Å²) in [7, 11) is 1.35. The van der Waals surface area contributed by atoms with Crippen LogP contribution in [-0.2, 0) is 6.54 Å². The van der Waals surface area contributed by atoms with E-state index in [2.05, 4.69) is 46.1 Å². The average molecular weight is 418 g/mol. The second-order valence-corrected chi connectivity index (χ2v) is 7.65. The maximum Gasteiger partial charge on any atom is 0.387 e. The zero-order chi connectivity index (χ0) is 21.5. The number of alkyl halides is 2. The number of methoxy groups -OCH3 is 1. The van der Waals surface area contributed by atoms with E-state index in [0.717, 1.165) is 25.9 Å². The van der Waals surface area contributed by atoms with E-state index in [0.29, 0.717) is 24.1 Å². The molecule has 2 atom stereocenters. The monoisotopic (exact) mass is 418 g/mol. The molecule has 2 aromatic carbocycles. The van der Waals surface area contributed by atoms with Crippen LogP contribution >= 0.6 is 0 Å². The fourth-order valence-corrected chi connectivity index (χ4v) is 3.96. The van der Waals surface area contributed by atoms with E-state index in [-0.39, 0.29) is 17.4 Å². The molecule has 1 fully saturated rings. The number of hydrogen-bond acceptors (Lipinski definition) is 4. The van der Waals surface area contributed by atoms with Gasteiger partial charge in [0.05, 0.1) is 7.11 Å². The van der Waals surface area contributed by atoms with Crippen LogP contribution in [0.3, 0.4) is 0 Å². The van der Waals surface area contributed by atoms with E-state index in [9.17, 15) is 13.6 Å². The van der Waals surface area contributed by atoms with E-state index in [1.54, 1.807) is 0 Å². The van der Waals surface area contributed by atoms with Crippen LogP contribution in [0.25, 0.3) is 0 Å². The number of rotatable bonds is 9. The van der Waals surface area contributed by atoms with Gasteiger partial charge in [-0.1, -0.05) is 30.3 Å². The first-order chi connectivity index (χ1) is 14.5. The lowest BCUT2D eigenvalue weighted by atomic mass is 10.0. The van der Waals surface area contributed by atoms with Crippen molar-refractivity contribution in [1.29, 1.82) is 0 Å². The molecular formula is C23H28F2N2O3. The average Bonchev–Trinajstić information content (AvgIpc) is 3.07. The number of nitrogens with one attached hydrogen (secondary N) is 1. The van der Waals surface area contributed by atoms with Gasteiger partial charge in [-0.2, -0.15) is 8.78 Å². The van der Waals surface area contributed by atoms with Crippen molar-refractivity contribution in [2.45, 2.75) is 39.0 Å². The first-order valence-electron chi connectivity index (χ1n) is 10.1. The molecule has 1 saturated heterocycles. The van der Waals surface area contributed by atoms with Crippen LogP contribution in [0.15, 0.2) is 48.5 Å². The van der Waals surface area contributed by atoms with Gasteiger partial charge in [0.15, 0.2) is 11.5 Å². The first kappa shape index (κ1) is 22.0. The van der Waals surface area contributed by atoms with Crippen LogP contribution < -0.4 is 14.8 Å². The smallest absolute Gasteiger partial charge is 0.387 e. The molecule has 162 valence electrons. The van der Waals surface area contributed by atoms with Gasteiger partial charge in [0.25, 0.3) is 5.91 Å². The lowest BCUT2D eigenvalue weighted by molar-refractivity contribution is -0.0512. The third-order valence-corrected chi connectivity index (χ3v) is 5.50. The molecule has 0 saturated carbocycles.